The lowest BCUT2D eigenvalue weighted by atomic mass is 10.1. The van der Waals surface area contributed by atoms with Gasteiger partial charge in [-0.3, -0.25) is 4.79 Å². The smallest absolute Gasteiger partial charge is 0.365 e. The van der Waals surface area contributed by atoms with Gasteiger partial charge in [0.2, 0.25) is 5.91 Å². The van der Waals surface area contributed by atoms with Crippen LogP contribution in [-0.2, 0) is 11.0 Å². The number of anilines is 1. The highest BCUT2D eigenvalue weighted by atomic mass is 19.4. The molecule has 156 valence electrons. The second-order valence-electron chi connectivity index (χ2n) is 7.63. The molecule has 8 heteroatoms. The summed E-state index contributed by atoms with van der Waals surface area (Å²) in [5.74, 6) is -0.766. The Labute approximate surface area is 171 Å². The topological polar surface area (TPSA) is 47.3 Å². The number of amides is 1. The molecular weight excluding hydrogens is 398 g/mol. The summed E-state index contributed by atoms with van der Waals surface area (Å²) in [5.41, 5.74) is 0.571. The SMILES string of the molecule is N#Cc1cccc(F)c1N1CCN(C(=O)C2CC2c2ccc(C(F)(F)F)cc2)CC1. The molecule has 2 aromatic carbocycles. The molecule has 1 saturated carbocycles. The Bertz CT molecular complexity index is 989. The van der Waals surface area contributed by atoms with Gasteiger partial charge < -0.3 is 9.80 Å². The zero-order valence-corrected chi connectivity index (χ0v) is 16.0. The van der Waals surface area contributed by atoms with Crippen LogP contribution in [0.4, 0.5) is 23.2 Å². The number of nitrogens with zero attached hydrogens (tertiary/aromatic N) is 3. The average molecular weight is 417 g/mol. The largest absolute Gasteiger partial charge is 0.416 e. The van der Waals surface area contributed by atoms with E-state index in [9.17, 15) is 27.6 Å². The molecule has 2 fully saturated rings. The normalized spacial score (nSPS) is 21.3. The van der Waals surface area contributed by atoms with Crippen LogP contribution in [0.25, 0.3) is 0 Å². The van der Waals surface area contributed by atoms with Crippen molar-refractivity contribution in [2.24, 2.45) is 5.92 Å². The number of rotatable bonds is 3. The van der Waals surface area contributed by atoms with Crippen LogP contribution >= 0.6 is 0 Å². The van der Waals surface area contributed by atoms with Crippen LogP contribution in [0.15, 0.2) is 42.5 Å². The van der Waals surface area contributed by atoms with Crippen LogP contribution in [0.2, 0.25) is 0 Å². The fraction of sp³-hybridized carbons (Fsp3) is 0.364. The number of alkyl halides is 3. The van der Waals surface area contributed by atoms with E-state index in [-0.39, 0.29) is 29.0 Å². The summed E-state index contributed by atoms with van der Waals surface area (Å²) >= 11 is 0. The molecule has 2 unspecified atom stereocenters. The molecule has 30 heavy (non-hydrogen) atoms. The van der Waals surface area contributed by atoms with Crippen molar-refractivity contribution < 1.29 is 22.4 Å². The fourth-order valence-electron chi connectivity index (χ4n) is 4.07. The number of nitriles is 1. The highest BCUT2D eigenvalue weighted by Crippen LogP contribution is 2.49. The lowest BCUT2D eigenvalue weighted by Crippen LogP contribution is -2.49. The Kier molecular flexibility index (Phi) is 5.14. The van der Waals surface area contributed by atoms with Crippen LogP contribution in [0.1, 0.15) is 29.0 Å². The number of para-hydroxylation sites is 1. The number of benzene rings is 2. The van der Waals surface area contributed by atoms with Gasteiger partial charge in [-0.2, -0.15) is 18.4 Å². The predicted molar refractivity (Wildman–Crippen MR) is 102 cm³/mol. The van der Waals surface area contributed by atoms with Gasteiger partial charge in [0.15, 0.2) is 0 Å². The maximum Gasteiger partial charge on any atom is 0.416 e. The van der Waals surface area contributed by atoms with Gasteiger partial charge in [0, 0.05) is 32.1 Å². The van der Waals surface area contributed by atoms with E-state index < -0.39 is 17.6 Å². The highest BCUT2D eigenvalue weighted by molar-refractivity contribution is 5.83. The van der Waals surface area contributed by atoms with E-state index in [2.05, 4.69) is 0 Å². The Morgan fingerprint density at radius 2 is 1.70 bits per heavy atom. The van der Waals surface area contributed by atoms with Gasteiger partial charge in [0.1, 0.15) is 11.9 Å². The zero-order chi connectivity index (χ0) is 21.5. The Hall–Kier alpha value is -3.08. The minimum Gasteiger partial charge on any atom is -0.365 e. The number of carbonyl (C=O) groups is 1. The first-order chi connectivity index (χ1) is 14.3. The van der Waals surface area contributed by atoms with Crippen molar-refractivity contribution in [2.75, 3.05) is 31.1 Å². The molecule has 2 atom stereocenters. The van der Waals surface area contributed by atoms with Crippen molar-refractivity contribution in [3.63, 3.8) is 0 Å². The van der Waals surface area contributed by atoms with Crippen molar-refractivity contribution >= 4 is 11.6 Å². The quantitative estimate of drug-likeness (QED) is 0.705. The van der Waals surface area contributed by atoms with Crippen LogP contribution in [-0.4, -0.2) is 37.0 Å². The van der Waals surface area contributed by atoms with Crippen molar-refractivity contribution in [1.29, 1.82) is 5.26 Å². The molecule has 1 aliphatic heterocycles. The molecule has 0 aromatic heterocycles. The molecule has 0 spiro atoms. The first kappa shape index (κ1) is 20.2. The van der Waals surface area contributed by atoms with Crippen LogP contribution < -0.4 is 4.90 Å². The molecule has 2 aromatic rings. The van der Waals surface area contributed by atoms with Crippen molar-refractivity contribution in [3.8, 4) is 6.07 Å². The molecule has 0 N–H and O–H groups in total. The van der Waals surface area contributed by atoms with E-state index in [0.717, 1.165) is 17.7 Å². The molecule has 0 bridgehead atoms. The van der Waals surface area contributed by atoms with E-state index in [0.29, 0.717) is 32.6 Å². The maximum atomic E-state index is 14.2. The molecular formula is C22H19F4N3O. The molecule has 0 radical (unpaired) electrons. The fourth-order valence-corrected chi connectivity index (χ4v) is 4.07. The van der Waals surface area contributed by atoms with Gasteiger partial charge in [0.25, 0.3) is 0 Å². The molecule has 4 rings (SSSR count). The molecule has 1 aliphatic carbocycles. The van der Waals surface area contributed by atoms with Crippen molar-refractivity contribution in [3.05, 3.63) is 65.0 Å². The van der Waals surface area contributed by atoms with Crippen molar-refractivity contribution in [2.45, 2.75) is 18.5 Å². The summed E-state index contributed by atoms with van der Waals surface area (Å²) in [6, 6.07) is 11.4. The lowest BCUT2D eigenvalue weighted by Gasteiger charge is -2.36. The first-order valence-corrected chi connectivity index (χ1v) is 9.69. The monoisotopic (exact) mass is 417 g/mol. The number of hydrogen-bond acceptors (Lipinski definition) is 3. The third kappa shape index (κ3) is 3.84. The average Bonchev–Trinajstić information content (AvgIpc) is 3.53. The second-order valence-corrected chi connectivity index (χ2v) is 7.63. The van der Waals surface area contributed by atoms with Crippen molar-refractivity contribution in [1.82, 2.24) is 4.90 Å². The Balaban J connectivity index is 1.37. The standard InChI is InChI=1S/C22H19F4N3O/c23-19-3-1-2-15(13-27)20(19)28-8-10-29(11-9-28)21(30)18-12-17(18)14-4-6-16(7-5-14)22(24,25)26/h1-7,17-18H,8-12H2. The van der Waals surface area contributed by atoms with Gasteiger partial charge in [-0.05, 0) is 42.2 Å². The first-order valence-electron chi connectivity index (χ1n) is 9.69. The van der Waals surface area contributed by atoms with E-state index in [1.807, 2.05) is 6.07 Å². The van der Waals surface area contributed by atoms with E-state index in [1.54, 1.807) is 15.9 Å². The minimum absolute atomic E-state index is 0.0198. The van der Waals surface area contributed by atoms with Gasteiger partial charge >= 0.3 is 6.18 Å². The van der Waals surface area contributed by atoms with Gasteiger partial charge in [-0.25, -0.2) is 4.39 Å². The van der Waals surface area contributed by atoms with Gasteiger partial charge in [0.05, 0.1) is 16.8 Å². The Morgan fingerprint density at radius 3 is 2.30 bits per heavy atom. The predicted octanol–water partition coefficient (Wildman–Crippen LogP) is 4.17. The van der Waals surface area contributed by atoms with Crippen LogP contribution in [0.5, 0.6) is 0 Å². The van der Waals surface area contributed by atoms with Crippen LogP contribution in [0, 0.1) is 23.1 Å². The number of piperazine rings is 1. The van der Waals surface area contributed by atoms with E-state index >= 15 is 0 Å². The highest BCUT2D eigenvalue weighted by Gasteiger charge is 2.46. The minimum atomic E-state index is -4.37. The Morgan fingerprint density at radius 1 is 1.03 bits per heavy atom. The summed E-state index contributed by atoms with van der Waals surface area (Å²) in [6.45, 7) is 1.65. The summed E-state index contributed by atoms with van der Waals surface area (Å²) in [7, 11) is 0. The number of carbonyl (C=O) groups excluding carboxylic acids is 1. The van der Waals surface area contributed by atoms with E-state index in [4.69, 9.17) is 0 Å². The van der Waals surface area contributed by atoms with Crippen LogP contribution in [0.3, 0.4) is 0 Å². The van der Waals surface area contributed by atoms with Gasteiger partial charge in [-0.1, -0.05) is 18.2 Å². The summed E-state index contributed by atoms with van der Waals surface area (Å²) < 4.78 is 52.3. The zero-order valence-electron chi connectivity index (χ0n) is 16.0. The number of halogens is 4. The molecule has 1 heterocycles. The van der Waals surface area contributed by atoms with E-state index in [1.165, 1.54) is 24.3 Å². The second kappa shape index (κ2) is 7.63. The summed E-state index contributed by atoms with van der Waals surface area (Å²) in [5, 5.41) is 9.22. The molecule has 4 nitrogen and oxygen atoms in total. The summed E-state index contributed by atoms with van der Waals surface area (Å²) in [4.78, 5) is 16.3. The number of hydrogen-bond donors (Lipinski definition) is 0. The third-order valence-corrected chi connectivity index (χ3v) is 5.79. The molecule has 1 amide bonds. The third-order valence-electron chi connectivity index (χ3n) is 5.79. The lowest BCUT2D eigenvalue weighted by molar-refractivity contribution is -0.137. The molecule has 2 aliphatic rings. The summed E-state index contributed by atoms with van der Waals surface area (Å²) in [6.07, 6.45) is -3.75. The maximum absolute atomic E-state index is 14.2. The van der Waals surface area contributed by atoms with Gasteiger partial charge in [-0.15, -0.1) is 0 Å². The molecule has 1 saturated heterocycles.